The van der Waals surface area contributed by atoms with Crippen LogP contribution in [0.2, 0.25) is 3.67 Å². The average Bonchev–Trinajstić information content (AvgIpc) is 2.41. The van der Waals surface area contributed by atoms with E-state index < -0.39 is 10.4 Å². The van der Waals surface area contributed by atoms with E-state index >= 15 is 0 Å². The van der Waals surface area contributed by atoms with Gasteiger partial charge in [-0.25, -0.2) is 0 Å². The monoisotopic (exact) mass is 332 g/mol. The zero-order chi connectivity index (χ0) is 16.0. The van der Waals surface area contributed by atoms with Crippen molar-refractivity contribution in [1.82, 2.24) is 0 Å². The summed E-state index contributed by atoms with van der Waals surface area (Å²) in [5.74, 6) is 0. The van der Waals surface area contributed by atoms with Crippen molar-refractivity contribution in [3.8, 4) is 0 Å². The van der Waals surface area contributed by atoms with Gasteiger partial charge in [0.1, 0.15) is 0 Å². The molecular weight excluding hydrogens is 303 g/mol. The molecule has 21 heavy (non-hydrogen) atoms. The van der Waals surface area contributed by atoms with Crippen molar-refractivity contribution in [2.24, 2.45) is 0 Å². The van der Waals surface area contributed by atoms with E-state index in [0.29, 0.717) is 6.42 Å². The molecule has 0 spiro atoms. The Morgan fingerprint density at radius 2 is 1.62 bits per heavy atom. The van der Waals surface area contributed by atoms with Crippen LogP contribution in [0.25, 0.3) is 0 Å². The quantitative estimate of drug-likeness (QED) is 0.283. The molecule has 0 rings (SSSR count). The van der Waals surface area contributed by atoms with Crippen molar-refractivity contribution in [2.45, 2.75) is 74.5 Å². The van der Waals surface area contributed by atoms with Gasteiger partial charge in [0.2, 0.25) is 0 Å². The van der Waals surface area contributed by atoms with Crippen molar-refractivity contribution >= 4 is 38.3 Å². The van der Waals surface area contributed by atoms with Gasteiger partial charge in [-0.2, -0.15) is 0 Å². The number of hydrogen-bond acceptors (Lipinski definition) is 4. The Morgan fingerprint density at radius 1 is 1.00 bits per heavy atom. The molecule has 0 aliphatic rings. The second kappa shape index (κ2) is 14.4. The van der Waals surface area contributed by atoms with Gasteiger partial charge in [-0.05, 0) is 0 Å². The fourth-order valence-electron chi connectivity index (χ4n) is 2.21. The SMILES string of the molecule is CCCCCCCCCC(CCOS(=O)(=O)O)OC[CH2][Na]. The first kappa shape index (κ1) is 21.8. The Balaban J connectivity index is 3.74. The topological polar surface area (TPSA) is 72.8 Å². The zero-order valence-electron chi connectivity index (χ0n) is 13.6. The van der Waals surface area contributed by atoms with E-state index in [-0.39, 0.29) is 12.7 Å². The Morgan fingerprint density at radius 3 is 2.19 bits per heavy atom. The number of hydrogen-bond donors (Lipinski definition) is 1. The summed E-state index contributed by atoms with van der Waals surface area (Å²) in [6, 6.07) is 0. The first-order valence-electron chi connectivity index (χ1n) is 8.23. The molecule has 0 bridgehead atoms. The van der Waals surface area contributed by atoms with Crippen LogP contribution in [-0.2, 0) is 19.3 Å². The van der Waals surface area contributed by atoms with Gasteiger partial charge in [0, 0.05) is 0 Å². The van der Waals surface area contributed by atoms with Gasteiger partial charge in [-0.15, -0.1) is 0 Å². The summed E-state index contributed by atoms with van der Waals surface area (Å²) in [6.45, 7) is 2.94. The van der Waals surface area contributed by atoms with Gasteiger partial charge >= 0.3 is 141 Å². The molecule has 0 fully saturated rings. The number of rotatable bonds is 15. The summed E-state index contributed by atoms with van der Waals surface area (Å²) in [5.41, 5.74) is 0. The molecule has 0 heterocycles. The predicted octanol–water partition coefficient (Wildman–Crippen LogP) is 3.31. The second-order valence-electron chi connectivity index (χ2n) is 5.44. The predicted molar refractivity (Wildman–Crippen MR) is 85.0 cm³/mol. The Bertz CT molecular complexity index is 321. The molecule has 0 saturated heterocycles. The van der Waals surface area contributed by atoms with Crippen LogP contribution < -0.4 is 0 Å². The Kier molecular flexibility index (Phi) is 15.0. The summed E-state index contributed by atoms with van der Waals surface area (Å²) in [5, 5.41) is 0. The normalized spacial score (nSPS) is 13.5. The summed E-state index contributed by atoms with van der Waals surface area (Å²) < 4.78 is 40.7. The van der Waals surface area contributed by atoms with Crippen LogP contribution in [0.4, 0.5) is 0 Å². The minimum absolute atomic E-state index is 0.0128. The zero-order valence-corrected chi connectivity index (χ0v) is 16.4. The van der Waals surface area contributed by atoms with E-state index in [4.69, 9.17) is 9.29 Å². The summed E-state index contributed by atoms with van der Waals surface area (Å²) in [7, 11) is -4.33. The van der Waals surface area contributed by atoms with Crippen LogP contribution in [0.15, 0.2) is 0 Å². The molecule has 7 heteroatoms. The molecule has 0 aromatic rings. The third kappa shape index (κ3) is 17.0. The summed E-state index contributed by atoms with van der Waals surface area (Å²) in [6.07, 6.45) is 10.2. The van der Waals surface area contributed by atoms with E-state index in [9.17, 15) is 8.42 Å². The van der Waals surface area contributed by atoms with E-state index in [2.05, 4.69) is 11.1 Å². The molecule has 5 nitrogen and oxygen atoms in total. The second-order valence-corrected chi connectivity index (χ2v) is 7.53. The number of unbranched alkanes of at least 4 members (excludes halogenated alkanes) is 6. The van der Waals surface area contributed by atoms with Gasteiger partial charge in [-0.1, -0.05) is 6.92 Å². The first-order chi connectivity index (χ1) is 9.99. The van der Waals surface area contributed by atoms with Gasteiger partial charge < -0.3 is 0 Å². The average molecular weight is 332 g/mol. The van der Waals surface area contributed by atoms with Crippen molar-refractivity contribution in [3.63, 3.8) is 0 Å². The first-order valence-corrected chi connectivity index (χ1v) is 11.0. The third-order valence-electron chi connectivity index (χ3n) is 3.36. The summed E-state index contributed by atoms with van der Waals surface area (Å²) in [4.78, 5) is 0. The molecule has 0 amide bonds. The molecule has 1 atom stereocenters. The van der Waals surface area contributed by atoms with Gasteiger partial charge in [0.05, 0.1) is 0 Å². The van der Waals surface area contributed by atoms with Crippen LogP contribution >= 0.6 is 0 Å². The Labute approximate surface area is 147 Å². The molecule has 0 saturated carbocycles. The molecule has 0 aromatic heterocycles. The van der Waals surface area contributed by atoms with Crippen LogP contribution in [0.3, 0.4) is 0 Å². The molecule has 0 aliphatic carbocycles. The fourth-order valence-corrected chi connectivity index (χ4v) is 2.75. The molecule has 0 aromatic carbocycles. The molecule has 122 valence electrons. The minimum atomic E-state index is -4.33. The van der Waals surface area contributed by atoms with E-state index in [0.717, 1.165) is 51.0 Å². The van der Waals surface area contributed by atoms with Crippen LogP contribution in [-0.4, -0.2) is 60.2 Å². The Hall–Kier alpha value is 0.830. The van der Waals surface area contributed by atoms with Crippen LogP contribution in [0.1, 0.15) is 64.7 Å². The number of ether oxygens (including phenoxy) is 1. The van der Waals surface area contributed by atoms with Crippen molar-refractivity contribution < 1.29 is 21.9 Å². The summed E-state index contributed by atoms with van der Waals surface area (Å²) >= 11 is 1.11. The van der Waals surface area contributed by atoms with Crippen molar-refractivity contribution in [2.75, 3.05) is 13.2 Å². The molecule has 1 unspecified atom stereocenters. The van der Waals surface area contributed by atoms with Gasteiger partial charge in [0.15, 0.2) is 0 Å². The van der Waals surface area contributed by atoms with Gasteiger partial charge in [-0.3, -0.25) is 0 Å². The molecule has 0 radical (unpaired) electrons. The third-order valence-corrected chi connectivity index (χ3v) is 4.23. The fraction of sp³-hybridized carbons (Fsp3) is 1.00. The van der Waals surface area contributed by atoms with Crippen molar-refractivity contribution in [3.05, 3.63) is 0 Å². The van der Waals surface area contributed by atoms with Gasteiger partial charge in [0.25, 0.3) is 0 Å². The van der Waals surface area contributed by atoms with E-state index in [1.807, 2.05) is 0 Å². The molecular formula is C14H29NaO5S. The van der Waals surface area contributed by atoms with E-state index in [1.165, 1.54) is 38.5 Å². The maximum atomic E-state index is 10.5. The van der Waals surface area contributed by atoms with Crippen LogP contribution in [0.5, 0.6) is 0 Å². The maximum absolute atomic E-state index is 10.5. The van der Waals surface area contributed by atoms with E-state index in [1.54, 1.807) is 0 Å². The molecule has 0 aliphatic heterocycles. The van der Waals surface area contributed by atoms with Crippen molar-refractivity contribution in [1.29, 1.82) is 0 Å². The molecule has 1 N–H and O–H groups in total. The van der Waals surface area contributed by atoms with Crippen LogP contribution in [0, 0.1) is 0 Å². The standard InChI is InChI=1S/C14H29O5S.Na/c1-3-5-6-7-8-9-10-11-14(18-4-2)12-13-19-20(15,16)17;/h14H,2-13H2,1H3,(H,15,16,17);.